The highest BCUT2D eigenvalue weighted by Gasteiger charge is 2.06. The lowest BCUT2D eigenvalue weighted by molar-refractivity contribution is 0.477. The van der Waals surface area contributed by atoms with Gasteiger partial charge in [0.05, 0.1) is 0 Å². The standard InChI is InChI=1S/C16H19NO/c1-10-7-11(2)13(4)16(8-10)18-14-5-6-15(17)12(3)9-14/h5-9H,17H2,1-4H3. The molecule has 0 radical (unpaired) electrons. The summed E-state index contributed by atoms with van der Waals surface area (Å²) in [6, 6.07) is 9.97. The second-order valence-electron chi connectivity index (χ2n) is 4.83. The van der Waals surface area contributed by atoms with E-state index in [1.807, 2.05) is 25.1 Å². The van der Waals surface area contributed by atoms with E-state index in [4.69, 9.17) is 10.5 Å². The molecule has 0 heterocycles. The second-order valence-corrected chi connectivity index (χ2v) is 4.83. The van der Waals surface area contributed by atoms with Crippen LogP contribution in [0.25, 0.3) is 0 Å². The number of aryl methyl sites for hydroxylation is 3. The van der Waals surface area contributed by atoms with Crippen LogP contribution in [-0.2, 0) is 0 Å². The molecule has 0 spiro atoms. The van der Waals surface area contributed by atoms with Gasteiger partial charge < -0.3 is 10.5 Å². The molecule has 0 bridgehead atoms. The zero-order valence-electron chi connectivity index (χ0n) is 11.4. The number of rotatable bonds is 2. The summed E-state index contributed by atoms with van der Waals surface area (Å²) in [6.07, 6.45) is 0. The third-order valence-electron chi connectivity index (χ3n) is 3.23. The summed E-state index contributed by atoms with van der Waals surface area (Å²) in [7, 11) is 0. The molecule has 2 heteroatoms. The van der Waals surface area contributed by atoms with Gasteiger partial charge in [0.15, 0.2) is 0 Å². The molecule has 0 aliphatic heterocycles. The Morgan fingerprint density at radius 3 is 2.28 bits per heavy atom. The highest BCUT2D eigenvalue weighted by molar-refractivity contribution is 5.51. The van der Waals surface area contributed by atoms with Crippen LogP contribution in [0.15, 0.2) is 30.3 Å². The fraction of sp³-hybridized carbons (Fsp3) is 0.250. The van der Waals surface area contributed by atoms with E-state index in [0.717, 1.165) is 22.7 Å². The van der Waals surface area contributed by atoms with Gasteiger partial charge in [-0.05, 0) is 74.2 Å². The van der Waals surface area contributed by atoms with Crippen molar-refractivity contribution >= 4 is 5.69 Å². The molecule has 0 atom stereocenters. The number of hydrogen-bond acceptors (Lipinski definition) is 2. The molecular formula is C16H19NO. The van der Waals surface area contributed by atoms with Gasteiger partial charge in [-0.1, -0.05) is 6.07 Å². The molecule has 94 valence electrons. The predicted molar refractivity (Wildman–Crippen MR) is 76.3 cm³/mol. The molecule has 2 N–H and O–H groups in total. The summed E-state index contributed by atoms with van der Waals surface area (Å²) in [6.45, 7) is 8.24. The first kappa shape index (κ1) is 12.5. The monoisotopic (exact) mass is 241 g/mol. The topological polar surface area (TPSA) is 35.2 Å². The Morgan fingerprint density at radius 2 is 1.61 bits per heavy atom. The molecule has 18 heavy (non-hydrogen) atoms. The Hall–Kier alpha value is -1.96. The lowest BCUT2D eigenvalue weighted by Gasteiger charge is -2.13. The van der Waals surface area contributed by atoms with E-state index in [0.29, 0.717) is 0 Å². The van der Waals surface area contributed by atoms with Crippen molar-refractivity contribution in [2.24, 2.45) is 0 Å². The predicted octanol–water partition coefficient (Wildman–Crippen LogP) is 4.29. The molecule has 2 rings (SSSR count). The molecule has 0 saturated heterocycles. The molecule has 0 aliphatic rings. The summed E-state index contributed by atoms with van der Waals surface area (Å²) >= 11 is 0. The summed E-state index contributed by atoms with van der Waals surface area (Å²) in [5.41, 5.74) is 11.3. The molecule has 2 aromatic rings. The average molecular weight is 241 g/mol. The SMILES string of the molecule is Cc1cc(C)c(C)c(Oc2ccc(N)c(C)c2)c1. The molecule has 0 aromatic heterocycles. The van der Waals surface area contributed by atoms with Crippen molar-refractivity contribution in [2.45, 2.75) is 27.7 Å². The fourth-order valence-electron chi connectivity index (χ4n) is 1.95. The molecule has 0 saturated carbocycles. The van der Waals surface area contributed by atoms with Gasteiger partial charge in [-0.25, -0.2) is 0 Å². The molecule has 0 fully saturated rings. The number of nitrogens with two attached hydrogens (primary N) is 1. The van der Waals surface area contributed by atoms with Crippen LogP contribution >= 0.6 is 0 Å². The van der Waals surface area contributed by atoms with Crippen molar-refractivity contribution in [1.82, 2.24) is 0 Å². The van der Waals surface area contributed by atoms with E-state index in [2.05, 4.69) is 32.9 Å². The second kappa shape index (κ2) is 4.73. The maximum absolute atomic E-state index is 5.95. The summed E-state index contributed by atoms with van der Waals surface area (Å²) in [4.78, 5) is 0. The minimum atomic E-state index is 0.791. The summed E-state index contributed by atoms with van der Waals surface area (Å²) in [5.74, 6) is 1.74. The number of hydrogen-bond donors (Lipinski definition) is 1. The van der Waals surface area contributed by atoms with Crippen LogP contribution in [0, 0.1) is 27.7 Å². The van der Waals surface area contributed by atoms with Crippen molar-refractivity contribution in [3.05, 3.63) is 52.6 Å². The maximum atomic E-state index is 5.95. The molecule has 2 aromatic carbocycles. The van der Waals surface area contributed by atoms with Crippen molar-refractivity contribution in [1.29, 1.82) is 0 Å². The van der Waals surface area contributed by atoms with Crippen molar-refractivity contribution < 1.29 is 4.74 Å². The van der Waals surface area contributed by atoms with E-state index in [-0.39, 0.29) is 0 Å². The zero-order chi connectivity index (χ0) is 13.3. The van der Waals surface area contributed by atoms with Gasteiger partial charge in [0, 0.05) is 5.69 Å². The van der Waals surface area contributed by atoms with Gasteiger partial charge in [0.1, 0.15) is 11.5 Å². The quantitative estimate of drug-likeness (QED) is 0.796. The minimum absolute atomic E-state index is 0.791. The summed E-state index contributed by atoms with van der Waals surface area (Å²) in [5, 5.41) is 0. The van der Waals surface area contributed by atoms with Crippen LogP contribution in [-0.4, -0.2) is 0 Å². The molecular weight excluding hydrogens is 222 g/mol. The Kier molecular flexibility index (Phi) is 3.28. The van der Waals surface area contributed by atoms with Gasteiger partial charge in [0.2, 0.25) is 0 Å². The van der Waals surface area contributed by atoms with Crippen LogP contribution in [0.2, 0.25) is 0 Å². The first-order valence-electron chi connectivity index (χ1n) is 6.09. The van der Waals surface area contributed by atoms with Gasteiger partial charge in [0.25, 0.3) is 0 Å². The van der Waals surface area contributed by atoms with Crippen LogP contribution in [0.5, 0.6) is 11.5 Å². The number of anilines is 1. The Balaban J connectivity index is 2.36. The van der Waals surface area contributed by atoms with Crippen molar-refractivity contribution in [2.75, 3.05) is 5.73 Å². The molecule has 2 nitrogen and oxygen atoms in total. The summed E-state index contributed by atoms with van der Waals surface area (Å²) < 4.78 is 5.95. The lowest BCUT2D eigenvalue weighted by atomic mass is 10.1. The van der Waals surface area contributed by atoms with Crippen LogP contribution < -0.4 is 10.5 Å². The zero-order valence-corrected chi connectivity index (χ0v) is 11.4. The van der Waals surface area contributed by atoms with E-state index >= 15 is 0 Å². The van der Waals surface area contributed by atoms with Crippen LogP contribution in [0.3, 0.4) is 0 Å². The fourth-order valence-corrected chi connectivity index (χ4v) is 1.95. The van der Waals surface area contributed by atoms with Crippen LogP contribution in [0.1, 0.15) is 22.3 Å². The Bertz CT molecular complexity index is 588. The van der Waals surface area contributed by atoms with E-state index in [9.17, 15) is 0 Å². The average Bonchev–Trinajstić information content (AvgIpc) is 2.30. The first-order chi connectivity index (χ1) is 8.47. The third-order valence-corrected chi connectivity index (χ3v) is 3.23. The number of benzene rings is 2. The van der Waals surface area contributed by atoms with Crippen molar-refractivity contribution in [3.63, 3.8) is 0 Å². The third kappa shape index (κ3) is 2.48. The van der Waals surface area contributed by atoms with Gasteiger partial charge in [-0.15, -0.1) is 0 Å². The highest BCUT2D eigenvalue weighted by Crippen LogP contribution is 2.29. The molecule has 0 aliphatic carbocycles. The molecule has 0 amide bonds. The molecule has 0 unspecified atom stereocenters. The van der Waals surface area contributed by atoms with Crippen LogP contribution in [0.4, 0.5) is 5.69 Å². The Labute approximate surface area is 108 Å². The van der Waals surface area contributed by atoms with E-state index < -0.39 is 0 Å². The largest absolute Gasteiger partial charge is 0.457 e. The van der Waals surface area contributed by atoms with Gasteiger partial charge in [-0.2, -0.15) is 0 Å². The normalized spacial score (nSPS) is 10.4. The number of ether oxygens (including phenoxy) is 1. The smallest absolute Gasteiger partial charge is 0.130 e. The maximum Gasteiger partial charge on any atom is 0.130 e. The van der Waals surface area contributed by atoms with E-state index in [1.165, 1.54) is 16.7 Å². The van der Waals surface area contributed by atoms with Crippen molar-refractivity contribution in [3.8, 4) is 11.5 Å². The van der Waals surface area contributed by atoms with Gasteiger partial charge in [-0.3, -0.25) is 0 Å². The van der Waals surface area contributed by atoms with E-state index in [1.54, 1.807) is 0 Å². The first-order valence-corrected chi connectivity index (χ1v) is 6.09. The highest BCUT2D eigenvalue weighted by atomic mass is 16.5. The van der Waals surface area contributed by atoms with Gasteiger partial charge >= 0.3 is 0 Å². The lowest BCUT2D eigenvalue weighted by Crippen LogP contribution is -1.94. The Morgan fingerprint density at radius 1 is 0.889 bits per heavy atom. The minimum Gasteiger partial charge on any atom is -0.457 e. The number of nitrogen functional groups attached to an aromatic ring is 1.